The first kappa shape index (κ1) is 13.5. The number of nitrogens with zero attached hydrogens (tertiary/aromatic N) is 6. The van der Waals surface area contributed by atoms with Crippen LogP contribution in [0, 0.1) is 6.92 Å². The third-order valence-electron chi connectivity index (χ3n) is 3.46. The summed E-state index contributed by atoms with van der Waals surface area (Å²) in [5, 5.41) is 0. The van der Waals surface area contributed by atoms with Gasteiger partial charge in [0.1, 0.15) is 5.82 Å². The van der Waals surface area contributed by atoms with Crippen LogP contribution in [-0.2, 0) is 0 Å². The summed E-state index contributed by atoms with van der Waals surface area (Å²) in [5.74, 6) is 2.23. The Balaban J connectivity index is 1.67. The Hall–Kier alpha value is -2.44. The lowest BCUT2D eigenvalue weighted by Crippen LogP contribution is -2.47. The molecule has 0 aliphatic carbocycles. The highest BCUT2D eigenvalue weighted by atomic mass is 16.5. The first-order valence-corrected chi connectivity index (χ1v) is 6.92. The third kappa shape index (κ3) is 3.01. The van der Waals surface area contributed by atoms with Gasteiger partial charge in [-0.15, -0.1) is 0 Å². The van der Waals surface area contributed by atoms with Gasteiger partial charge in [-0.2, -0.15) is 4.98 Å². The summed E-state index contributed by atoms with van der Waals surface area (Å²) >= 11 is 0. The molecule has 0 amide bonds. The molecule has 7 heteroatoms. The zero-order valence-electron chi connectivity index (χ0n) is 12.2. The predicted octanol–water partition coefficient (Wildman–Crippen LogP) is 0.910. The van der Waals surface area contributed by atoms with Gasteiger partial charge >= 0.3 is 0 Å². The van der Waals surface area contributed by atoms with Crippen molar-refractivity contribution in [2.24, 2.45) is 0 Å². The normalized spacial score (nSPS) is 15.1. The summed E-state index contributed by atoms with van der Waals surface area (Å²) in [6, 6.07) is 1.75. The van der Waals surface area contributed by atoms with Crippen molar-refractivity contribution in [2.45, 2.75) is 6.92 Å². The highest BCUT2D eigenvalue weighted by molar-refractivity contribution is 5.41. The lowest BCUT2D eigenvalue weighted by atomic mass is 10.3. The van der Waals surface area contributed by atoms with E-state index in [0.717, 1.165) is 37.7 Å². The SMILES string of the molecule is COc1ccnc(N2CCN(c3cncc(C)n3)CC2)n1. The number of ether oxygens (including phenoxy) is 1. The fourth-order valence-electron chi connectivity index (χ4n) is 2.34. The molecule has 0 atom stereocenters. The van der Waals surface area contributed by atoms with Crippen molar-refractivity contribution < 1.29 is 4.74 Å². The number of aryl methyl sites for hydroxylation is 1. The van der Waals surface area contributed by atoms with E-state index in [1.54, 1.807) is 25.6 Å². The van der Waals surface area contributed by atoms with Crippen LogP contribution in [0.4, 0.5) is 11.8 Å². The van der Waals surface area contributed by atoms with Gasteiger partial charge in [0.05, 0.1) is 19.0 Å². The third-order valence-corrected chi connectivity index (χ3v) is 3.46. The van der Waals surface area contributed by atoms with Crippen molar-refractivity contribution >= 4 is 11.8 Å². The minimum Gasteiger partial charge on any atom is -0.481 e. The molecule has 1 aliphatic heterocycles. The van der Waals surface area contributed by atoms with E-state index >= 15 is 0 Å². The molecule has 2 aromatic rings. The average molecular weight is 286 g/mol. The Labute approximate surface area is 123 Å². The van der Waals surface area contributed by atoms with Crippen LogP contribution in [-0.4, -0.2) is 53.2 Å². The van der Waals surface area contributed by atoms with Crippen LogP contribution in [0.15, 0.2) is 24.7 Å². The van der Waals surface area contributed by atoms with E-state index in [9.17, 15) is 0 Å². The maximum Gasteiger partial charge on any atom is 0.228 e. The van der Waals surface area contributed by atoms with Crippen LogP contribution in [0.3, 0.4) is 0 Å². The summed E-state index contributed by atoms with van der Waals surface area (Å²) in [6.45, 7) is 5.40. The van der Waals surface area contributed by atoms with Gasteiger partial charge in [0.2, 0.25) is 11.8 Å². The summed E-state index contributed by atoms with van der Waals surface area (Å²) in [4.78, 5) is 21.8. The van der Waals surface area contributed by atoms with Gasteiger partial charge in [0, 0.05) is 44.6 Å². The van der Waals surface area contributed by atoms with Gasteiger partial charge in [-0.3, -0.25) is 4.98 Å². The molecule has 3 heterocycles. The van der Waals surface area contributed by atoms with Crippen LogP contribution in [0.25, 0.3) is 0 Å². The Bertz CT molecular complexity index is 612. The van der Waals surface area contributed by atoms with E-state index in [2.05, 4.69) is 29.7 Å². The highest BCUT2D eigenvalue weighted by Crippen LogP contribution is 2.17. The summed E-state index contributed by atoms with van der Waals surface area (Å²) in [6.07, 6.45) is 5.30. The van der Waals surface area contributed by atoms with E-state index < -0.39 is 0 Å². The second-order valence-electron chi connectivity index (χ2n) is 4.89. The van der Waals surface area contributed by atoms with E-state index in [4.69, 9.17) is 4.74 Å². The molecular weight excluding hydrogens is 268 g/mol. The smallest absolute Gasteiger partial charge is 0.228 e. The largest absolute Gasteiger partial charge is 0.481 e. The van der Waals surface area contributed by atoms with Crippen molar-refractivity contribution in [3.63, 3.8) is 0 Å². The van der Waals surface area contributed by atoms with Gasteiger partial charge in [-0.05, 0) is 6.92 Å². The van der Waals surface area contributed by atoms with E-state index in [-0.39, 0.29) is 0 Å². The number of aromatic nitrogens is 4. The molecule has 7 nitrogen and oxygen atoms in total. The van der Waals surface area contributed by atoms with Crippen LogP contribution in [0.5, 0.6) is 5.88 Å². The molecule has 0 spiro atoms. The summed E-state index contributed by atoms with van der Waals surface area (Å²) < 4.78 is 5.14. The molecular formula is C14H18N6O. The molecule has 0 radical (unpaired) electrons. The lowest BCUT2D eigenvalue weighted by Gasteiger charge is -2.35. The monoisotopic (exact) mass is 286 g/mol. The second kappa shape index (κ2) is 5.90. The minimum atomic E-state index is 0.590. The zero-order valence-corrected chi connectivity index (χ0v) is 12.2. The molecule has 2 aromatic heterocycles. The van der Waals surface area contributed by atoms with Gasteiger partial charge in [-0.25, -0.2) is 9.97 Å². The molecule has 21 heavy (non-hydrogen) atoms. The fourth-order valence-corrected chi connectivity index (χ4v) is 2.34. The van der Waals surface area contributed by atoms with Gasteiger partial charge in [0.25, 0.3) is 0 Å². The average Bonchev–Trinajstić information content (AvgIpc) is 2.55. The molecule has 0 saturated carbocycles. The van der Waals surface area contributed by atoms with Crippen molar-refractivity contribution in [2.75, 3.05) is 43.1 Å². The van der Waals surface area contributed by atoms with Crippen LogP contribution in [0.2, 0.25) is 0 Å². The number of rotatable bonds is 3. The van der Waals surface area contributed by atoms with Crippen LogP contribution < -0.4 is 14.5 Å². The van der Waals surface area contributed by atoms with Gasteiger partial charge < -0.3 is 14.5 Å². The molecule has 110 valence electrons. The number of hydrogen-bond donors (Lipinski definition) is 0. The number of anilines is 2. The minimum absolute atomic E-state index is 0.590. The molecule has 0 unspecified atom stereocenters. The predicted molar refractivity (Wildman–Crippen MR) is 79.8 cm³/mol. The first-order chi connectivity index (χ1) is 10.3. The zero-order chi connectivity index (χ0) is 14.7. The van der Waals surface area contributed by atoms with Crippen molar-refractivity contribution in [3.05, 3.63) is 30.4 Å². The van der Waals surface area contributed by atoms with Gasteiger partial charge in [0.15, 0.2) is 0 Å². The second-order valence-corrected chi connectivity index (χ2v) is 4.89. The van der Waals surface area contributed by atoms with Crippen molar-refractivity contribution in [1.29, 1.82) is 0 Å². The molecule has 1 aliphatic rings. The highest BCUT2D eigenvalue weighted by Gasteiger charge is 2.20. The van der Waals surface area contributed by atoms with E-state index in [0.29, 0.717) is 11.8 Å². The van der Waals surface area contributed by atoms with Crippen LogP contribution >= 0.6 is 0 Å². The van der Waals surface area contributed by atoms with Crippen molar-refractivity contribution in [3.8, 4) is 5.88 Å². The Morgan fingerprint density at radius 2 is 1.81 bits per heavy atom. The maximum atomic E-state index is 5.14. The summed E-state index contributed by atoms with van der Waals surface area (Å²) in [5.41, 5.74) is 0.936. The molecule has 1 saturated heterocycles. The van der Waals surface area contributed by atoms with E-state index in [1.165, 1.54) is 0 Å². The van der Waals surface area contributed by atoms with Gasteiger partial charge in [-0.1, -0.05) is 0 Å². The molecule has 0 aromatic carbocycles. The maximum absolute atomic E-state index is 5.14. The summed E-state index contributed by atoms with van der Waals surface area (Å²) in [7, 11) is 1.61. The Kier molecular flexibility index (Phi) is 3.81. The van der Waals surface area contributed by atoms with Crippen LogP contribution in [0.1, 0.15) is 5.69 Å². The Morgan fingerprint density at radius 3 is 2.52 bits per heavy atom. The molecule has 3 rings (SSSR count). The fraction of sp³-hybridized carbons (Fsp3) is 0.429. The topological polar surface area (TPSA) is 67.3 Å². The standard InChI is InChI=1S/C14H18N6O/c1-11-9-15-10-12(17-11)19-5-7-20(8-6-19)14-16-4-3-13(18-14)21-2/h3-4,9-10H,5-8H2,1-2H3. The first-order valence-electron chi connectivity index (χ1n) is 6.92. The quantitative estimate of drug-likeness (QED) is 0.830. The number of hydrogen-bond acceptors (Lipinski definition) is 7. The molecule has 1 fully saturated rings. The molecule has 0 N–H and O–H groups in total. The Morgan fingerprint density at radius 1 is 1.05 bits per heavy atom. The van der Waals surface area contributed by atoms with E-state index in [1.807, 2.05) is 13.1 Å². The number of piperazine rings is 1. The molecule has 0 bridgehead atoms. The van der Waals surface area contributed by atoms with Crippen molar-refractivity contribution in [1.82, 2.24) is 19.9 Å². The lowest BCUT2D eigenvalue weighted by molar-refractivity contribution is 0.396. The number of methoxy groups -OCH3 is 1.